The minimum Gasteiger partial charge on any atom is -0.467 e. The molecule has 0 N–H and O–H groups in total. The molecule has 126 valence electrons. The molecule has 1 unspecified atom stereocenters. The number of nitrogens with zero attached hydrogens (tertiary/aromatic N) is 2. The summed E-state index contributed by atoms with van der Waals surface area (Å²) in [5.41, 5.74) is 0.416. The zero-order chi connectivity index (χ0) is 17.0. The van der Waals surface area contributed by atoms with Crippen LogP contribution < -0.4 is 4.90 Å². The number of carbonyl (C=O) groups excluding carboxylic acids is 2. The van der Waals surface area contributed by atoms with Crippen molar-refractivity contribution in [3.8, 4) is 0 Å². The van der Waals surface area contributed by atoms with Gasteiger partial charge in [0.05, 0.1) is 7.11 Å². The maximum Gasteiger partial charge on any atom is 0.411 e. The lowest BCUT2D eigenvalue weighted by atomic mass is 10.1. The quantitative estimate of drug-likeness (QED) is 0.783. The van der Waals surface area contributed by atoms with Crippen molar-refractivity contribution in [1.29, 1.82) is 0 Å². The van der Waals surface area contributed by atoms with Gasteiger partial charge >= 0.3 is 12.1 Å². The monoisotopic (exact) mass is 320 g/mol. The topological polar surface area (TPSA) is 59.1 Å². The van der Waals surface area contributed by atoms with E-state index in [1.807, 2.05) is 30.3 Å². The molecule has 1 aliphatic rings. The van der Waals surface area contributed by atoms with E-state index in [-0.39, 0.29) is 0 Å². The Morgan fingerprint density at radius 2 is 1.78 bits per heavy atom. The summed E-state index contributed by atoms with van der Waals surface area (Å²) in [6.07, 6.45) is -0.486. The van der Waals surface area contributed by atoms with Crippen LogP contribution in [0.3, 0.4) is 0 Å². The normalized spacial score (nSPS) is 18.5. The fraction of sp³-hybridized carbons (Fsp3) is 0.529. The molecule has 1 aliphatic heterocycles. The highest BCUT2D eigenvalue weighted by molar-refractivity contribution is 5.82. The number of hydrogen-bond acceptors (Lipinski definition) is 5. The van der Waals surface area contributed by atoms with E-state index in [0.717, 1.165) is 5.69 Å². The number of carbonyl (C=O) groups is 2. The third-order valence-corrected chi connectivity index (χ3v) is 3.60. The van der Waals surface area contributed by atoms with Gasteiger partial charge in [-0.2, -0.15) is 0 Å². The number of amides is 1. The predicted octanol–water partition coefficient (Wildman–Crippen LogP) is 2.29. The molecular weight excluding hydrogens is 296 g/mol. The van der Waals surface area contributed by atoms with E-state index in [4.69, 9.17) is 9.47 Å². The standard InChI is InChI=1S/C17H24N2O4/c1-17(2,3)23-16(21)19-11-10-18(12-14(19)15(20)22-4)13-8-6-5-7-9-13/h5-9,14H,10-12H2,1-4H3. The predicted molar refractivity (Wildman–Crippen MR) is 87.4 cm³/mol. The molecule has 0 spiro atoms. The lowest BCUT2D eigenvalue weighted by Gasteiger charge is -2.41. The summed E-state index contributed by atoms with van der Waals surface area (Å²) in [4.78, 5) is 28.0. The van der Waals surface area contributed by atoms with Crippen molar-refractivity contribution in [2.45, 2.75) is 32.4 Å². The molecule has 1 amide bonds. The molecule has 6 nitrogen and oxygen atoms in total. The third-order valence-electron chi connectivity index (χ3n) is 3.60. The maximum atomic E-state index is 12.4. The van der Waals surface area contributed by atoms with Gasteiger partial charge in [0.15, 0.2) is 6.04 Å². The molecule has 1 atom stereocenters. The number of rotatable bonds is 2. The van der Waals surface area contributed by atoms with Crippen LogP contribution in [0.4, 0.5) is 10.5 Å². The number of benzene rings is 1. The van der Waals surface area contributed by atoms with Crippen molar-refractivity contribution in [3.63, 3.8) is 0 Å². The molecule has 1 fully saturated rings. The number of para-hydroxylation sites is 1. The lowest BCUT2D eigenvalue weighted by molar-refractivity contribution is -0.147. The number of piperazine rings is 1. The van der Waals surface area contributed by atoms with Gasteiger partial charge < -0.3 is 14.4 Å². The Morgan fingerprint density at radius 1 is 1.13 bits per heavy atom. The van der Waals surface area contributed by atoms with Crippen LogP contribution >= 0.6 is 0 Å². The molecule has 1 heterocycles. The van der Waals surface area contributed by atoms with E-state index in [9.17, 15) is 9.59 Å². The van der Waals surface area contributed by atoms with Crippen LogP contribution in [0.5, 0.6) is 0 Å². The van der Waals surface area contributed by atoms with Crippen LogP contribution in [0.25, 0.3) is 0 Å². The van der Waals surface area contributed by atoms with E-state index >= 15 is 0 Å². The van der Waals surface area contributed by atoms with Gasteiger partial charge in [0.2, 0.25) is 0 Å². The molecule has 2 rings (SSSR count). The summed E-state index contributed by atoms with van der Waals surface area (Å²) in [6, 6.07) is 9.13. The van der Waals surface area contributed by atoms with Crippen LogP contribution in [0.1, 0.15) is 20.8 Å². The van der Waals surface area contributed by atoms with Gasteiger partial charge in [-0.05, 0) is 32.9 Å². The van der Waals surface area contributed by atoms with Crippen LogP contribution in [-0.4, -0.2) is 55.3 Å². The molecule has 1 aromatic rings. The van der Waals surface area contributed by atoms with Crippen molar-refractivity contribution in [3.05, 3.63) is 30.3 Å². The number of ether oxygens (including phenoxy) is 2. The first-order valence-electron chi connectivity index (χ1n) is 7.69. The molecule has 6 heteroatoms. The van der Waals surface area contributed by atoms with Crippen LogP contribution in [0.15, 0.2) is 30.3 Å². The molecule has 0 saturated carbocycles. The van der Waals surface area contributed by atoms with Crippen LogP contribution in [0, 0.1) is 0 Å². The number of esters is 1. The van der Waals surface area contributed by atoms with Crippen molar-refractivity contribution < 1.29 is 19.1 Å². The number of anilines is 1. The maximum absolute atomic E-state index is 12.4. The van der Waals surface area contributed by atoms with Gasteiger partial charge in [-0.1, -0.05) is 18.2 Å². The summed E-state index contributed by atoms with van der Waals surface area (Å²) in [7, 11) is 1.33. The number of hydrogen-bond donors (Lipinski definition) is 0. The van der Waals surface area contributed by atoms with Gasteiger partial charge in [0.25, 0.3) is 0 Å². The molecule has 0 aromatic heterocycles. The fourth-order valence-corrected chi connectivity index (χ4v) is 2.53. The zero-order valence-corrected chi connectivity index (χ0v) is 14.1. The summed E-state index contributed by atoms with van der Waals surface area (Å²) >= 11 is 0. The van der Waals surface area contributed by atoms with Crippen molar-refractivity contribution in [2.24, 2.45) is 0 Å². The highest BCUT2D eigenvalue weighted by Gasteiger charge is 2.38. The van der Waals surface area contributed by atoms with Gasteiger partial charge in [0.1, 0.15) is 5.60 Å². The summed E-state index contributed by atoms with van der Waals surface area (Å²) in [5, 5.41) is 0. The molecule has 0 aliphatic carbocycles. The molecule has 23 heavy (non-hydrogen) atoms. The summed E-state index contributed by atoms with van der Waals surface area (Å²) < 4.78 is 10.3. The average molecular weight is 320 g/mol. The van der Waals surface area contributed by atoms with Crippen LogP contribution in [-0.2, 0) is 14.3 Å². The average Bonchev–Trinajstić information content (AvgIpc) is 2.52. The molecular formula is C17H24N2O4. The molecule has 0 bridgehead atoms. The highest BCUT2D eigenvalue weighted by atomic mass is 16.6. The van der Waals surface area contributed by atoms with Gasteiger partial charge in [-0.15, -0.1) is 0 Å². The fourth-order valence-electron chi connectivity index (χ4n) is 2.53. The highest BCUT2D eigenvalue weighted by Crippen LogP contribution is 2.21. The Morgan fingerprint density at radius 3 is 2.35 bits per heavy atom. The minimum absolute atomic E-state index is 0.385. The molecule has 0 radical (unpaired) electrons. The zero-order valence-electron chi connectivity index (χ0n) is 14.1. The Labute approximate surface area is 137 Å². The second-order valence-corrected chi connectivity index (χ2v) is 6.49. The van der Waals surface area contributed by atoms with E-state index in [1.165, 1.54) is 12.0 Å². The van der Waals surface area contributed by atoms with E-state index in [2.05, 4.69) is 4.90 Å². The third kappa shape index (κ3) is 4.37. The van der Waals surface area contributed by atoms with Crippen molar-refractivity contribution in [1.82, 2.24) is 4.90 Å². The van der Waals surface area contributed by atoms with Crippen LogP contribution in [0.2, 0.25) is 0 Å². The minimum atomic E-state index is -0.677. The Bertz CT molecular complexity index is 553. The van der Waals surface area contributed by atoms with Crippen molar-refractivity contribution >= 4 is 17.7 Å². The molecule has 1 saturated heterocycles. The van der Waals surface area contributed by atoms with Gasteiger partial charge in [-0.25, -0.2) is 9.59 Å². The van der Waals surface area contributed by atoms with E-state index in [1.54, 1.807) is 20.8 Å². The second-order valence-electron chi connectivity index (χ2n) is 6.49. The first-order valence-corrected chi connectivity index (χ1v) is 7.69. The first kappa shape index (κ1) is 17.1. The first-order chi connectivity index (χ1) is 10.8. The SMILES string of the molecule is COC(=O)C1CN(c2ccccc2)CCN1C(=O)OC(C)(C)C. The van der Waals surface area contributed by atoms with Gasteiger partial charge in [0, 0.05) is 25.3 Å². The molecule has 1 aromatic carbocycles. The lowest BCUT2D eigenvalue weighted by Crippen LogP contribution is -2.59. The van der Waals surface area contributed by atoms with E-state index in [0.29, 0.717) is 19.6 Å². The Kier molecular flexibility index (Phi) is 5.13. The largest absolute Gasteiger partial charge is 0.467 e. The number of methoxy groups -OCH3 is 1. The van der Waals surface area contributed by atoms with Gasteiger partial charge in [-0.3, -0.25) is 4.90 Å². The Balaban J connectivity index is 2.16. The summed E-state index contributed by atoms with van der Waals surface area (Å²) in [5.74, 6) is -0.434. The van der Waals surface area contributed by atoms with E-state index < -0.39 is 23.7 Å². The second kappa shape index (κ2) is 6.89. The van der Waals surface area contributed by atoms with Crippen molar-refractivity contribution in [2.75, 3.05) is 31.6 Å². The Hall–Kier alpha value is -2.24. The smallest absolute Gasteiger partial charge is 0.411 e. The summed E-state index contributed by atoms with van der Waals surface area (Å²) in [6.45, 7) is 6.84.